The Bertz CT molecular complexity index is 3570. The molecule has 0 aliphatic heterocycles. The molecule has 0 bridgehead atoms. The van der Waals surface area contributed by atoms with Gasteiger partial charge in [0, 0.05) is 27.6 Å². The van der Waals surface area contributed by atoms with Crippen LogP contribution in [0.1, 0.15) is 54.2 Å². The number of anilines is 3. The highest BCUT2D eigenvalue weighted by Crippen LogP contribution is 2.57. The Morgan fingerprint density at radius 2 is 1.07 bits per heavy atom. The highest BCUT2D eigenvalue weighted by molar-refractivity contribution is 6.12. The van der Waals surface area contributed by atoms with Gasteiger partial charge in [-0.25, -0.2) is 0 Å². The molecule has 320 valence electrons. The molecule has 67 heavy (non-hydrogen) atoms. The molecule has 0 fully saturated rings. The number of fused-ring (bicyclic) bond motifs is 7. The lowest BCUT2D eigenvalue weighted by Crippen LogP contribution is -2.29. The second-order valence-electron chi connectivity index (χ2n) is 18.5. The van der Waals surface area contributed by atoms with E-state index in [0.717, 1.165) is 44.4 Å². The maximum atomic E-state index is 6.30. The van der Waals surface area contributed by atoms with Crippen LogP contribution in [0.3, 0.4) is 0 Å². The number of benzene rings is 9. The quantitative estimate of drug-likeness (QED) is 0.134. The predicted molar refractivity (Wildman–Crippen MR) is 282 cm³/mol. The van der Waals surface area contributed by atoms with Gasteiger partial charge in [0.2, 0.25) is 0 Å². The Labute approximate surface area is 393 Å². The minimum absolute atomic E-state index is 0.205. The molecule has 1 aromatic heterocycles. The Morgan fingerprint density at radius 3 is 1.79 bits per heavy atom. The highest BCUT2D eigenvalue weighted by atomic mass is 16.3. The first-order chi connectivity index (χ1) is 32.9. The molecule has 1 heterocycles. The standard InChI is InChI=1S/C65H49NO/c1-5-6-27-56-43(2)55-42-46(36-41-58(55)65(56,47-19-9-7-10-20-47)48-21-11-8-12-22-48)44-32-37-49(38-33-44)66(59-29-17-26-53-52-23-13-15-28-57(52)64(3,4)63(53)59)50-39-34-45(35-40-50)51-25-18-31-61-62(51)54-24-14-16-30-60(54)67-61/h5-42H,1H2,2-4H3/b27-6-. The first kappa shape index (κ1) is 40.3. The summed E-state index contributed by atoms with van der Waals surface area (Å²) in [5.74, 6) is 0. The van der Waals surface area contributed by atoms with E-state index in [9.17, 15) is 0 Å². The molecule has 0 N–H and O–H groups in total. The SMILES string of the molecule is C=C/C=C\C1=C(C)c2cc(-c3ccc(N(c4ccc(-c5cccc6oc7ccccc7c56)cc4)c4cccc5c4C(C)(C)c4ccccc4-5)cc3)ccc2C1(c1ccccc1)c1ccccc1. The first-order valence-corrected chi connectivity index (χ1v) is 23.3. The van der Waals surface area contributed by atoms with Crippen LogP contribution in [0, 0.1) is 0 Å². The summed E-state index contributed by atoms with van der Waals surface area (Å²) in [6.45, 7) is 11.1. The number of nitrogens with zero attached hydrogens (tertiary/aromatic N) is 1. The third-order valence-electron chi connectivity index (χ3n) is 14.5. The monoisotopic (exact) mass is 859 g/mol. The van der Waals surface area contributed by atoms with Crippen molar-refractivity contribution < 1.29 is 4.42 Å². The number of rotatable bonds is 9. The molecule has 2 heteroatoms. The van der Waals surface area contributed by atoms with E-state index >= 15 is 0 Å². The Morgan fingerprint density at radius 1 is 0.493 bits per heavy atom. The molecule has 2 aliphatic rings. The van der Waals surface area contributed by atoms with Gasteiger partial charge < -0.3 is 9.32 Å². The molecular formula is C65H49NO. The average molecular weight is 860 g/mol. The van der Waals surface area contributed by atoms with Crippen molar-refractivity contribution in [2.45, 2.75) is 31.6 Å². The third-order valence-corrected chi connectivity index (χ3v) is 14.5. The predicted octanol–water partition coefficient (Wildman–Crippen LogP) is 17.6. The molecule has 0 unspecified atom stereocenters. The van der Waals surface area contributed by atoms with E-state index < -0.39 is 5.41 Å². The van der Waals surface area contributed by atoms with Gasteiger partial charge in [0.1, 0.15) is 11.2 Å². The van der Waals surface area contributed by atoms with Crippen molar-refractivity contribution in [1.29, 1.82) is 0 Å². The molecule has 12 rings (SSSR count). The summed E-state index contributed by atoms with van der Waals surface area (Å²) in [6.07, 6.45) is 6.22. The van der Waals surface area contributed by atoms with Crippen LogP contribution in [0.2, 0.25) is 0 Å². The lowest BCUT2D eigenvalue weighted by Gasteiger charge is -2.35. The molecule has 0 radical (unpaired) electrons. The molecule has 2 nitrogen and oxygen atoms in total. The van der Waals surface area contributed by atoms with Crippen LogP contribution in [0.4, 0.5) is 17.1 Å². The maximum absolute atomic E-state index is 6.30. The topological polar surface area (TPSA) is 16.4 Å². The van der Waals surface area contributed by atoms with Crippen LogP contribution >= 0.6 is 0 Å². The van der Waals surface area contributed by atoms with Crippen LogP contribution in [-0.2, 0) is 10.8 Å². The summed E-state index contributed by atoms with van der Waals surface area (Å²) in [5.41, 5.74) is 22.0. The fourth-order valence-electron chi connectivity index (χ4n) is 11.6. The summed E-state index contributed by atoms with van der Waals surface area (Å²) >= 11 is 0. The Balaban J connectivity index is 0.986. The van der Waals surface area contributed by atoms with Crippen molar-refractivity contribution in [3.05, 3.63) is 276 Å². The zero-order valence-corrected chi connectivity index (χ0v) is 38.0. The molecule has 10 aromatic rings. The fraction of sp³-hybridized carbons (Fsp3) is 0.0769. The van der Waals surface area contributed by atoms with Crippen LogP contribution in [0.25, 0.3) is 60.9 Å². The second kappa shape index (κ2) is 15.8. The molecule has 0 spiro atoms. The number of hydrogen-bond acceptors (Lipinski definition) is 2. The number of hydrogen-bond donors (Lipinski definition) is 0. The summed E-state index contributed by atoms with van der Waals surface area (Å²) in [4.78, 5) is 2.45. The summed E-state index contributed by atoms with van der Waals surface area (Å²) < 4.78 is 6.30. The maximum Gasteiger partial charge on any atom is 0.136 e. The van der Waals surface area contributed by atoms with Crippen LogP contribution < -0.4 is 4.90 Å². The lowest BCUT2D eigenvalue weighted by atomic mass is 9.66. The minimum atomic E-state index is -0.470. The third kappa shape index (κ3) is 6.17. The van der Waals surface area contributed by atoms with E-state index in [0.29, 0.717) is 0 Å². The average Bonchev–Trinajstić information content (AvgIpc) is 3.97. The van der Waals surface area contributed by atoms with Crippen molar-refractivity contribution in [3.63, 3.8) is 0 Å². The molecule has 9 aromatic carbocycles. The van der Waals surface area contributed by atoms with Crippen molar-refractivity contribution in [2.75, 3.05) is 4.90 Å². The van der Waals surface area contributed by atoms with Gasteiger partial charge in [-0.2, -0.15) is 0 Å². The van der Waals surface area contributed by atoms with E-state index in [1.54, 1.807) is 0 Å². The molecule has 0 amide bonds. The molecular weight excluding hydrogens is 811 g/mol. The summed E-state index contributed by atoms with van der Waals surface area (Å²) in [5, 5.41) is 2.28. The zero-order valence-electron chi connectivity index (χ0n) is 38.0. The lowest BCUT2D eigenvalue weighted by molar-refractivity contribution is 0.661. The molecule has 2 aliphatic carbocycles. The first-order valence-electron chi connectivity index (χ1n) is 23.3. The van der Waals surface area contributed by atoms with Crippen LogP contribution in [0.15, 0.2) is 247 Å². The Hall–Kier alpha value is -8.20. The summed E-state index contributed by atoms with van der Waals surface area (Å²) in [6, 6.07) is 77.6. The summed E-state index contributed by atoms with van der Waals surface area (Å²) in [7, 11) is 0. The fourth-order valence-corrected chi connectivity index (χ4v) is 11.6. The Kier molecular flexibility index (Phi) is 9.48. The van der Waals surface area contributed by atoms with Gasteiger partial charge in [0.25, 0.3) is 0 Å². The van der Waals surface area contributed by atoms with Crippen LogP contribution in [0.5, 0.6) is 0 Å². The largest absolute Gasteiger partial charge is 0.456 e. The van der Waals surface area contributed by atoms with Gasteiger partial charge >= 0.3 is 0 Å². The van der Waals surface area contributed by atoms with Gasteiger partial charge in [0.05, 0.1) is 11.1 Å². The van der Waals surface area contributed by atoms with Gasteiger partial charge in [-0.15, -0.1) is 0 Å². The molecule has 0 atom stereocenters. The van der Waals surface area contributed by atoms with E-state index in [1.807, 2.05) is 18.2 Å². The van der Waals surface area contributed by atoms with Gasteiger partial charge in [-0.3, -0.25) is 0 Å². The van der Waals surface area contributed by atoms with Crippen molar-refractivity contribution in [3.8, 4) is 33.4 Å². The van der Waals surface area contributed by atoms with E-state index in [1.165, 1.54) is 72.5 Å². The van der Waals surface area contributed by atoms with E-state index in [2.05, 4.69) is 245 Å². The number of para-hydroxylation sites is 1. The van der Waals surface area contributed by atoms with Gasteiger partial charge in [-0.1, -0.05) is 202 Å². The van der Waals surface area contributed by atoms with E-state index in [4.69, 9.17) is 4.42 Å². The zero-order chi connectivity index (χ0) is 45.3. The van der Waals surface area contributed by atoms with Crippen molar-refractivity contribution >= 4 is 44.6 Å². The van der Waals surface area contributed by atoms with E-state index in [-0.39, 0.29) is 5.41 Å². The van der Waals surface area contributed by atoms with Crippen molar-refractivity contribution in [1.82, 2.24) is 0 Å². The number of furan rings is 1. The number of allylic oxidation sites excluding steroid dienone is 5. The van der Waals surface area contributed by atoms with Gasteiger partial charge in [-0.05, 0) is 133 Å². The van der Waals surface area contributed by atoms with Crippen LogP contribution in [-0.4, -0.2) is 0 Å². The smallest absolute Gasteiger partial charge is 0.136 e. The molecule has 0 saturated heterocycles. The normalized spacial score (nSPS) is 14.4. The van der Waals surface area contributed by atoms with Crippen molar-refractivity contribution in [2.24, 2.45) is 0 Å². The van der Waals surface area contributed by atoms with Gasteiger partial charge in [0.15, 0.2) is 0 Å². The molecule has 0 saturated carbocycles. The minimum Gasteiger partial charge on any atom is -0.456 e. The second-order valence-corrected chi connectivity index (χ2v) is 18.5. The highest BCUT2D eigenvalue weighted by Gasteiger charge is 2.46.